The summed E-state index contributed by atoms with van der Waals surface area (Å²) in [7, 11) is 1.54. The van der Waals surface area contributed by atoms with Gasteiger partial charge in [-0.25, -0.2) is 4.39 Å². The molecule has 0 atom stereocenters. The number of pyridine rings is 1. The van der Waals surface area contributed by atoms with Gasteiger partial charge >= 0.3 is 0 Å². The van der Waals surface area contributed by atoms with Crippen LogP contribution in [-0.4, -0.2) is 35.5 Å². The number of aromatic nitrogens is 3. The highest BCUT2D eigenvalue weighted by atomic mass is 35.5. The monoisotopic (exact) mass is 377 g/mol. The van der Waals surface area contributed by atoms with E-state index in [0.29, 0.717) is 28.5 Å². The molecule has 0 radical (unpaired) electrons. The first-order valence-electron chi connectivity index (χ1n) is 7.86. The molecule has 136 valence electrons. The van der Waals surface area contributed by atoms with E-state index in [4.69, 9.17) is 21.1 Å². The van der Waals surface area contributed by atoms with Gasteiger partial charge in [-0.1, -0.05) is 11.6 Å². The molecule has 8 heteroatoms. The minimum Gasteiger partial charge on any atom is -0.490 e. The molecule has 3 rings (SSSR count). The summed E-state index contributed by atoms with van der Waals surface area (Å²) in [4.78, 5) is 15.4. The van der Waals surface area contributed by atoms with E-state index in [9.17, 15) is 9.18 Å². The molecule has 0 aliphatic rings. The predicted molar refractivity (Wildman–Crippen MR) is 97.2 cm³/mol. The molecular weight excluding hydrogens is 361 g/mol. The van der Waals surface area contributed by atoms with E-state index >= 15 is 0 Å². The van der Waals surface area contributed by atoms with Crippen molar-refractivity contribution in [2.45, 2.75) is 6.92 Å². The van der Waals surface area contributed by atoms with Crippen LogP contribution in [-0.2, 0) is 4.74 Å². The SMILES string of the molecule is COCCOc1cc(F)ccc1-c1cc(Cl)c(-c2cn[nH]c2C)[nH]c1=O. The van der Waals surface area contributed by atoms with Gasteiger partial charge in [-0.05, 0) is 25.1 Å². The molecule has 1 aromatic carbocycles. The van der Waals surface area contributed by atoms with Crippen LogP contribution in [0.5, 0.6) is 5.75 Å². The highest BCUT2D eigenvalue weighted by molar-refractivity contribution is 6.33. The zero-order valence-electron chi connectivity index (χ0n) is 14.2. The lowest BCUT2D eigenvalue weighted by molar-refractivity contribution is 0.146. The van der Waals surface area contributed by atoms with Gasteiger partial charge in [-0.15, -0.1) is 0 Å². The molecular formula is C18H17ClFN3O3. The molecule has 0 amide bonds. The number of nitrogens with one attached hydrogen (secondary N) is 2. The largest absolute Gasteiger partial charge is 0.490 e. The lowest BCUT2D eigenvalue weighted by atomic mass is 10.0. The van der Waals surface area contributed by atoms with Crippen molar-refractivity contribution < 1.29 is 13.9 Å². The van der Waals surface area contributed by atoms with Crippen molar-refractivity contribution in [3.05, 3.63) is 57.3 Å². The van der Waals surface area contributed by atoms with E-state index in [1.165, 1.54) is 25.3 Å². The summed E-state index contributed by atoms with van der Waals surface area (Å²) in [6, 6.07) is 5.52. The van der Waals surface area contributed by atoms with E-state index in [1.807, 2.05) is 6.92 Å². The minimum atomic E-state index is -0.464. The molecule has 0 bridgehead atoms. The number of aromatic amines is 2. The van der Waals surface area contributed by atoms with Crippen molar-refractivity contribution in [2.24, 2.45) is 0 Å². The number of ether oxygens (including phenoxy) is 2. The Bertz CT molecular complexity index is 984. The quantitative estimate of drug-likeness (QED) is 0.644. The van der Waals surface area contributed by atoms with Crippen LogP contribution in [0.1, 0.15) is 5.69 Å². The molecule has 0 fully saturated rings. The fraction of sp³-hybridized carbons (Fsp3) is 0.222. The van der Waals surface area contributed by atoms with Gasteiger partial charge in [-0.3, -0.25) is 9.89 Å². The first-order chi connectivity index (χ1) is 12.5. The van der Waals surface area contributed by atoms with Crippen LogP contribution < -0.4 is 10.3 Å². The number of aryl methyl sites for hydroxylation is 1. The maximum atomic E-state index is 13.6. The Morgan fingerprint density at radius 2 is 2.00 bits per heavy atom. The average molecular weight is 378 g/mol. The second-order valence-corrected chi connectivity index (χ2v) is 6.03. The summed E-state index contributed by atoms with van der Waals surface area (Å²) in [6.07, 6.45) is 1.59. The van der Waals surface area contributed by atoms with Crippen LogP contribution in [0.15, 0.2) is 35.3 Å². The maximum Gasteiger partial charge on any atom is 0.256 e. The Hall–Kier alpha value is -2.64. The molecule has 26 heavy (non-hydrogen) atoms. The summed E-state index contributed by atoms with van der Waals surface area (Å²) < 4.78 is 24.1. The Kier molecular flexibility index (Phi) is 5.39. The summed E-state index contributed by atoms with van der Waals surface area (Å²) in [5.41, 5.74) is 2.31. The zero-order valence-corrected chi connectivity index (χ0v) is 15.0. The molecule has 3 aromatic rings. The summed E-state index contributed by atoms with van der Waals surface area (Å²) in [6.45, 7) is 2.39. The standard InChI is InChI=1S/C18H17ClFN3O3/c1-10-14(9-21-23-10)17-15(19)8-13(18(24)22-17)12-4-3-11(20)7-16(12)26-6-5-25-2/h3-4,7-9H,5-6H2,1-2H3,(H,21,23)(H,22,24). The van der Waals surface area contributed by atoms with Gasteiger partial charge in [-0.2, -0.15) is 5.10 Å². The van der Waals surface area contributed by atoms with Gasteiger partial charge in [0.05, 0.1) is 29.1 Å². The molecule has 2 heterocycles. The van der Waals surface area contributed by atoms with E-state index < -0.39 is 5.82 Å². The summed E-state index contributed by atoms with van der Waals surface area (Å²) >= 11 is 6.38. The van der Waals surface area contributed by atoms with E-state index in [0.717, 1.165) is 5.69 Å². The second-order valence-electron chi connectivity index (χ2n) is 5.63. The second kappa shape index (κ2) is 7.72. The van der Waals surface area contributed by atoms with Gasteiger partial charge in [0.15, 0.2) is 0 Å². The molecule has 0 unspecified atom stereocenters. The number of halogens is 2. The van der Waals surface area contributed by atoms with Crippen LogP contribution in [0, 0.1) is 12.7 Å². The van der Waals surface area contributed by atoms with E-state index in [1.54, 1.807) is 12.3 Å². The van der Waals surface area contributed by atoms with E-state index in [2.05, 4.69) is 15.2 Å². The van der Waals surface area contributed by atoms with Crippen molar-refractivity contribution in [3.8, 4) is 28.1 Å². The highest BCUT2D eigenvalue weighted by Crippen LogP contribution is 2.33. The fourth-order valence-electron chi connectivity index (χ4n) is 2.58. The molecule has 2 N–H and O–H groups in total. The van der Waals surface area contributed by atoms with Crippen molar-refractivity contribution in [2.75, 3.05) is 20.3 Å². The number of rotatable bonds is 6. The number of methoxy groups -OCH3 is 1. The number of benzene rings is 1. The first-order valence-corrected chi connectivity index (χ1v) is 8.24. The van der Waals surface area contributed by atoms with Gasteiger partial charge in [0.25, 0.3) is 5.56 Å². The molecule has 0 spiro atoms. The van der Waals surface area contributed by atoms with Gasteiger partial charge in [0, 0.05) is 30.0 Å². The Labute approximate surface area is 153 Å². The average Bonchev–Trinajstić information content (AvgIpc) is 3.03. The molecule has 0 aliphatic heterocycles. The van der Waals surface area contributed by atoms with Crippen LogP contribution >= 0.6 is 11.6 Å². The Balaban J connectivity index is 2.07. The van der Waals surface area contributed by atoms with Crippen molar-refractivity contribution in [1.82, 2.24) is 15.2 Å². The topological polar surface area (TPSA) is 80.0 Å². The molecule has 0 saturated heterocycles. The lowest BCUT2D eigenvalue weighted by Crippen LogP contribution is -2.12. The lowest BCUT2D eigenvalue weighted by Gasteiger charge is -2.12. The Morgan fingerprint density at radius 1 is 1.19 bits per heavy atom. The highest BCUT2D eigenvalue weighted by Gasteiger charge is 2.16. The normalized spacial score (nSPS) is 10.9. The molecule has 0 aliphatic carbocycles. The number of hydrogen-bond acceptors (Lipinski definition) is 4. The smallest absolute Gasteiger partial charge is 0.256 e. The van der Waals surface area contributed by atoms with Gasteiger partial charge in [0.2, 0.25) is 0 Å². The number of H-pyrrole nitrogens is 2. The Morgan fingerprint density at radius 3 is 2.69 bits per heavy atom. The van der Waals surface area contributed by atoms with E-state index in [-0.39, 0.29) is 23.5 Å². The van der Waals surface area contributed by atoms with Gasteiger partial charge in [0.1, 0.15) is 18.2 Å². The number of hydrogen-bond donors (Lipinski definition) is 2. The molecule has 6 nitrogen and oxygen atoms in total. The van der Waals surface area contributed by atoms with Crippen LogP contribution in [0.25, 0.3) is 22.4 Å². The molecule has 0 saturated carbocycles. The third-order valence-corrected chi connectivity index (χ3v) is 4.17. The number of nitrogens with zero attached hydrogens (tertiary/aromatic N) is 1. The first kappa shape index (κ1) is 18.2. The molecule has 2 aromatic heterocycles. The van der Waals surface area contributed by atoms with Crippen molar-refractivity contribution >= 4 is 11.6 Å². The third-order valence-electron chi connectivity index (χ3n) is 3.87. The predicted octanol–water partition coefficient (Wildman–Crippen LogP) is 3.56. The zero-order chi connectivity index (χ0) is 18.7. The van der Waals surface area contributed by atoms with Gasteiger partial charge < -0.3 is 14.5 Å². The summed E-state index contributed by atoms with van der Waals surface area (Å²) in [5, 5.41) is 7.08. The van der Waals surface area contributed by atoms with Crippen LogP contribution in [0.4, 0.5) is 4.39 Å². The van der Waals surface area contributed by atoms with Crippen molar-refractivity contribution in [1.29, 1.82) is 0 Å². The summed E-state index contributed by atoms with van der Waals surface area (Å²) in [5.74, 6) is -0.217. The minimum absolute atomic E-state index is 0.227. The third kappa shape index (κ3) is 3.63. The fourth-order valence-corrected chi connectivity index (χ4v) is 2.84. The van der Waals surface area contributed by atoms with Crippen molar-refractivity contribution in [3.63, 3.8) is 0 Å². The van der Waals surface area contributed by atoms with Crippen LogP contribution in [0.3, 0.4) is 0 Å². The van der Waals surface area contributed by atoms with Crippen LogP contribution in [0.2, 0.25) is 5.02 Å². The maximum absolute atomic E-state index is 13.6.